The summed E-state index contributed by atoms with van der Waals surface area (Å²) >= 11 is 3.37. The second kappa shape index (κ2) is 2.32. The first kappa shape index (κ1) is 7.32. The summed E-state index contributed by atoms with van der Waals surface area (Å²) in [6.07, 6.45) is 1.81. The number of aliphatic hydroxyl groups is 1. The van der Waals surface area contributed by atoms with E-state index in [0.717, 1.165) is 22.9 Å². The molecule has 2 rings (SSSR count). The third-order valence-corrected chi connectivity index (χ3v) is 2.58. The topological polar surface area (TPSA) is 20.2 Å². The molecule has 0 heterocycles. The van der Waals surface area contributed by atoms with Gasteiger partial charge in [0.1, 0.15) is 0 Å². The summed E-state index contributed by atoms with van der Waals surface area (Å²) in [5.41, 5.74) is 0.538. The van der Waals surface area contributed by atoms with Crippen LogP contribution in [0.5, 0.6) is 0 Å². The SMILES string of the molecule is OC1(c2cccc(Br)c2)CC1. The Labute approximate surface area is 74.2 Å². The largest absolute Gasteiger partial charge is 0.385 e. The summed E-state index contributed by atoms with van der Waals surface area (Å²) in [5.74, 6) is 0. The lowest BCUT2D eigenvalue weighted by Crippen LogP contribution is -2.03. The molecule has 1 N–H and O–H groups in total. The smallest absolute Gasteiger partial charge is 0.0899 e. The lowest BCUT2D eigenvalue weighted by Gasteiger charge is -2.06. The highest BCUT2D eigenvalue weighted by Crippen LogP contribution is 2.45. The van der Waals surface area contributed by atoms with Gasteiger partial charge in [-0.3, -0.25) is 0 Å². The van der Waals surface area contributed by atoms with E-state index in [2.05, 4.69) is 15.9 Å². The third kappa shape index (κ3) is 1.33. The van der Waals surface area contributed by atoms with E-state index in [0.29, 0.717) is 0 Å². The van der Waals surface area contributed by atoms with Crippen molar-refractivity contribution >= 4 is 15.9 Å². The first-order valence-corrected chi connectivity index (χ1v) is 4.48. The molecule has 0 saturated heterocycles. The Morgan fingerprint density at radius 2 is 2.09 bits per heavy atom. The van der Waals surface area contributed by atoms with Gasteiger partial charge < -0.3 is 5.11 Å². The summed E-state index contributed by atoms with van der Waals surface area (Å²) in [6, 6.07) is 7.87. The van der Waals surface area contributed by atoms with Gasteiger partial charge in [-0.25, -0.2) is 0 Å². The molecule has 0 amide bonds. The fourth-order valence-corrected chi connectivity index (χ4v) is 1.58. The molecule has 2 heteroatoms. The van der Waals surface area contributed by atoms with Crippen molar-refractivity contribution in [3.8, 4) is 0 Å². The molecule has 1 saturated carbocycles. The second-order valence-corrected chi connectivity index (χ2v) is 3.96. The summed E-state index contributed by atoms with van der Waals surface area (Å²) in [6.45, 7) is 0. The zero-order valence-electron chi connectivity index (χ0n) is 6.05. The lowest BCUT2D eigenvalue weighted by atomic mass is 10.1. The highest BCUT2D eigenvalue weighted by molar-refractivity contribution is 9.10. The second-order valence-electron chi connectivity index (χ2n) is 3.04. The summed E-state index contributed by atoms with van der Waals surface area (Å²) in [7, 11) is 0. The highest BCUT2D eigenvalue weighted by atomic mass is 79.9. The van der Waals surface area contributed by atoms with Crippen molar-refractivity contribution in [2.24, 2.45) is 0 Å². The Hall–Kier alpha value is -0.340. The minimum Gasteiger partial charge on any atom is -0.385 e. The minimum absolute atomic E-state index is 0.496. The molecule has 0 aliphatic heterocycles. The van der Waals surface area contributed by atoms with E-state index in [4.69, 9.17) is 0 Å². The van der Waals surface area contributed by atoms with Crippen molar-refractivity contribution in [3.63, 3.8) is 0 Å². The summed E-state index contributed by atoms with van der Waals surface area (Å²) < 4.78 is 1.04. The molecule has 0 unspecified atom stereocenters. The molecule has 1 aromatic carbocycles. The van der Waals surface area contributed by atoms with Crippen molar-refractivity contribution in [3.05, 3.63) is 34.3 Å². The Kier molecular flexibility index (Phi) is 1.55. The zero-order valence-corrected chi connectivity index (χ0v) is 7.63. The summed E-state index contributed by atoms with van der Waals surface area (Å²) in [5, 5.41) is 9.70. The van der Waals surface area contributed by atoms with Crippen molar-refractivity contribution in [2.75, 3.05) is 0 Å². The molecular weight excluding hydrogens is 204 g/mol. The van der Waals surface area contributed by atoms with Gasteiger partial charge in [0.2, 0.25) is 0 Å². The molecule has 1 aliphatic rings. The number of halogens is 1. The summed E-state index contributed by atoms with van der Waals surface area (Å²) in [4.78, 5) is 0. The first-order chi connectivity index (χ1) is 5.21. The van der Waals surface area contributed by atoms with Gasteiger partial charge in [-0.15, -0.1) is 0 Å². The lowest BCUT2D eigenvalue weighted by molar-refractivity contribution is 0.151. The van der Waals surface area contributed by atoms with Crippen molar-refractivity contribution in [1.29, 1.82) is 0 Å². The van der Waals surface area contributed by atoms with Crippen molar-refractivity contribution < 1.29 is 5.11 Å². The Balaban J connectivity index is 2.38. The van der Waals surface area contributed by atoms with Gasteiger partial charge in [0.15, 0.2) is 0 Å². The number of hydrogen-bond donors (Lipinski definition) is 1. The average Bonchev–Trinajstić information content (AvgIpc) is 2.70. The Morgan fingerprint density at radius 1 is 1.36 bits per heavy atom. The highest BCUT2D eigenvalue weighted by Gasteiger charge is 2.41. The maximum atomic E-state index is 9.70. The van der Waals surface area contributed by atoms with Crippen molar-refractivity contribution in [2.45, 2.75) is 18.4 Å². The molecule has 58 valence electrons. The van der Waals surface area contributed by atoms with Crippen LogP contribution in [0.15, 0.2) is 28.7 Å². The fraction of sp³-hybridized carbons (Fsp3) is 0.333. The zero-order chi connectivity index (χ0) is 7.90. The molecule has 0 radical (unpaired) electrons. The molecule has 1 fully saturated rings. The molecule has 0 atom stereocenters. The van der Waals surface area contributed by atoms with Gasteiger partial charge in [0.05, 0.1) is 5.60 Å². The predicted octanol–water partition coefficient (Wildman–Crippen LogP) is 2.43. The third-order valence-electron chi connectivity index (χ3n) is 2.09. The number of hydrogen-bond acceptors (Lipinski definition) is 1. The van der Waals surface area contributed by atoms with Gasteiger partial charge in [-0.05, 0) is 30.5 Å². The monoisotopic (exact) mass is 212 g/mol. The van der Waals surface area contributed by atoms with Crippen LogP contribution in [0.2, 0.25) is 0 Å². The average molecular weight is 213 g/mol. The quantitative estimate of drug-likeness (QED) is 0.759. The molecule has 1 aliphatic carbocycles. The van der Waals surface area contributed by atoms with Crippen molar-refractivity contribution in [1.82, 2.24) is 0 Å². The van der Waals surface area contributed by atoms with E-state index in [-0.39, 0.29) is 0 Å². The molecule has 0 spiro atoms. The van der Waals surface area contributed by atoms with Gasteiger partial charge in [0.25, 0.3) is 0 Å². The maximum Gasteiger partial charge on any atom is 0.0899 e. The number of rotatable bonds is 1. The molecule has 1 nitrogen and oxygen atoms in total. The van der Waals surface area contributed by atoms with Crippen LogP contribution < -0.4 is 0 Å². The van der Waals surface area contributed by atoms with Crippen LogP contribution in [0.1, 0.15) is 18.4 Å². The van der Waals surface area contributed by atoms with E-state index in [1.807, 2.05) is 24.3 Å². The standard InChI is InChI=1S/C9H9BrO/c10-8-3-1-2-7(6-8)9(11)4-5-9/h1-3,6,11H,4-5H2. The molecule has 0 aromatic heterocycles. The Bertz CT molecular complexity index is 279. The van der Waals surface area contributed by atoms with Crippen LogP contribution in [0, 0.1) is 0 Å². The number of benzene rings is 1. The molecular formula is C9H9BrO. The molecule has 0 bridgehead atoms. The van der Waals surface area contributed by atoms with Crippen LogP contribution in [0.4, 0.5) is 0 Å². The van der Waals surface area contributed by atoms with Gasteiger partial charge in [-0.2, -0.15) is 0 Å². The van der Waals surface area contributed by atoms with Gasteiger partial charge >= 0.3 is 0 Å². The first-order valence-electron chi connectivity index (χ1n) is 3.69. The van der Waals surface area contributed by atoms with E-state index >= 15 is 0 Å². The van der Waals surface area contributed by atoms with Crippen LogP contribution in [-0.2, 0) is 5.60 Å². The normalized spacial score (nSPS) is 19.8. The van der Waals surface area contributed by atoms with E-state index in [1.54, 1.807) is 0 Å². The van der Waals surface area contributed by atoms with E-state index < -0.39 is 5.60 Å². The fourth-order valence-electron chi connectivity index (χ4n) is 1.19. The van der Waals surface area contributed by atoms with Crippen LogP contribution in [0.25, 0.3) is 0 Å². The molecule has 1 aromatic rings. The van der Waals surface area contributed by atoms with Crippen LogP contribution in [-0.4, -0.2) is 5.11 Å². The Morgan fingerprint density at radius 3 is 2.64 bits per heavy atom. The maximum absolute atomic E-state index is 9.70. The van der Waals surface area contributed by atoms with Crippen LogP contribution in [0.3, 0.4) is 0 Å². The van der Waals surface area contributed by atoms with E-state index in [9.17, 15) is 5.11 Å². The molecule has 11 heavy (non-hydrogen) atoms. The van der Waals surface area contributed by atoms with E-state index in [1.165, 1.54) is 0 Å². The minimum atomic E-state index is -0.496. The van der Waals surface area contributed by atoms with Crippen LogP contribution >= 0.6 is 15.9 Å². The van der Waals surface area contributed by atoms with Gasteiger partial charge in [0, 0.05) is 4.47 Å². The predicted molar refractivity (Wildman–Crippen MR) is 47.3 cm³/mol. The van der Waals surface area contributed by atoms with Gasteiger partial charge in [-0.1, -0.05) is 28.1 Å².